The van der Waals surface area contributed by atoms with Crippen molar-refractivity contribution in [3.05, 3.63) is 46.7 Å². The number of hydrogen-bond acceptors (Lipinski definition) is 5. The molecule has 6 heteroatoms. The Morgan fingerprint density at radius 1 is 1.08 bits per heavy atom. The van der Waals surface area contributed by atoms with Crippen LogP contribution in [0.4, 0.5) is 5.69 Å². The van der Waals surface area contributed by atoms with Crippen LogP contribution >= 0.6 is 11.3 Å². The normalized spacial score (nSPS) is 25.3. The highest BCUT2D eigenvalue weighted by Gasteiger charge is 2.50. The van der Waals surface area contributed by atoms with E-state index in [9.17, 15) is 14.4 Å². The molecule has 1 aliphatic heterocycles. The Morgan fingerprint density at radius 2 is 1.85 bits per heavy atom. The number of thiophene rings is 1. The van der Waals surface area contributed by atoms with Gasteiger partial charge < -0.3 is 4.74 Å². The minimum Gasteiger partial charge on any atom is -0.420 e. The molecule has 26 heavy (non-hydrogen) atoms. The van der Waals surface area contributed by atoms with Gasteiger partial charge >= 0.3 is 5.97 Å². The highest BCUT2D eigenvalue weighted by Crippen LogP contribution is 2.44. The zero-order chi connectivity index (χ0) is 18.3. The summed E-state index contributed by atoms with van der Waals surface area (Å²) in [5, 5.41) is 1.79. The molecule has 2 aliphatic rings. The van der Waals surface area contributed by atoms with Crippen LogP contribution in [0.15, 0.2) is 41.8 Å². The van der Waals surface area contributed by atoms with Gasteiger partial charge in [0.1, 0.15) is 4.88 Å². The fraction of sp³-hybridized carbons (Fsp3) is 0.350. The molecule has 1 saturated carbocycles. The van der Waals surface area contributed by atoms with Gasteiger partial charge in [0.25, 0.3) is 0 Å². The van der Waals surface area contributed by atoms with E-state index in [1.165, 1.54) is 16.2 Å². The molecule has 2 fully saturated rings. The standard InChI is InChI=1S/C20H19NO4S/c1-12-8-9-13-14(11-12)19(23)21(18(13)22)15-5-2-3-6-16(15)25-20(24)17-7-4-10-26-17/h2-7,10,12-14H,8-9,11H2,1H3/t12-,13-,14+/m1/s1. The lowest BCUT2D eigenvalue weighted by Crippen LogP contribution is -2.31. The van der Waals surface area contributed by atoms with E-state index in [4.69, 9.17) is 4.74 Å². The first-order valence-electron chi connectivity index (χ1n) is 8.78. The third-order valence-corrected chi connectivity index (χ3v) is 6.07. The molecular weight excluding hydrogens is 350 g/mol. The maximum absolute atomic E-state index is 12.9. The van der Waals surface area contributed by atoms with Gasteiger partial charge in [0.05, 0.1) is 17.5 Å². The van der Waals surface area contributed by atoms with Crippen molar-refractivity contribution in [2.75, 3.05) is 4.90 Å². The summed E-state index contributed by atoms with van der Waals surface area (Å²) in [6, 6.07) is 10.2. The van der Waals surface area contributed by atoms with Crippen molar-refractivity contribution < 1.29 is 19.1 Å². The summed E-state index contributed by atoms with van der Waals surface area (Å²) in [6.45, 7) is 2.12. The number of fused-ring (bicyclic) bond motifs is 1. The summed E-state index contributed by atoms with van der Waals surface area (Å²) in [4.78, 5) is 39.8. The largest absolute Gasteiger partial charge is 0.420 e. The number of para-hydroxylation sites is 2. The summed E-state index contributed by atoms with van der Waals surface area (Å²) >= 11 is 1.28. The Kier molecular flexibility index (Phi) is 4.36. The zero-order valence-corrected chi connectivity index (χ0v) is 15.2. The lowest BCUT2D eigenvalue weighted by atomic mass is 9.76. The molecule has 3 atom stereocenters. The van der Waals surface area contributed by atoms with E-state index in [0.717, 1.165) is 19.3 Å². The van der Waals surface area contributed by atoms with Gasteiger partial charge in [0.15, 0.2) is 5.75 Å². The van der Waals surface area contributed by atoms with Gasteiger partial charge in [0.2, 0.25) is 11.8 Å². The molecule has 1 saturated heterocycles. The van der Waals surface area contributed by atoms with E-state index in [1.807, 2.05) is 0 Å². The molecule has 134 valence electrons. The number of imide groups is 1. The van der Waals surface area contributed by atoms with Crippen molar-refractivity contribution in [2.45, 2.75) is 26.2 Å². The lowest BCUT2D eigenvalue weighted by molar-refractivity contribution is -0.122. The number of benzene rings is 1. The summed E-state index contributed by atoms with van der Waals surface area (Å²) in [5.41, 5.74) is 0.356. The SMILES string of the molecule is C[C@@H]1CC[C@H]2C(=O)N(c3ccccc3OC(=O)c3cccs3)C(=O)[C@H]2C1. The lowest BCUT2D eigenvalue weighted by Gasteiger charge is -2.25. The van der Waals surface area contributed by atoms with Crippen LogP contribution in [-0.2, 0) is 9.59 Å². The van der Waals surface area contributed by atoms with Crippen LogP contribution in [0.1, 0.15) is 35.9 Å². The van der Waals surface area contributed by atoms with Crippen LogP contribution in [0.2, 0.25) is 0 Å². The van der Waals surface area contributed by atoms with Gasteiger partial charge in [-0.25, -0.2) is 9.69 Å². The number of amides is 2. The summed E-state index contributed by atoms with van der Waals surface area (Å²) < 4.78 is 5.50. The van der Waals surface area contributed by atoms with E-state index < -0.39 is 5.97 Å². The Morgan fingerprint density at radius 3 is 2.62 bits per heavy atom. The number of rotatable bonds is 3. The quantitative estimate of drug-likeness (QED) is 0.468. The van der Waals surface area contributed by atoms with Crippen molar-refractivity contribution in [2.24, 2.45) is 17.8 Å². The summed E-state index contributed by atoms with van der Waals surface area (Å²) in [6.07, 6.45) is 2.44. The van der Waals surface area contributed by atoms with E-state index in [-0.39, 0.29) is 29.4 Å². The van der Waals surface area contributed by atoms with E-state index in [1.54, 1.807) is 41.8 Å². The molecule has 1 aromatic carbocycles. The van der Waals surface area contributed by atoms with Crippen LogP contribution in [-0.4, -0.2) is 17.8 Å². The van der Waals surface area contributed by atoms with E-state index in [0.29, 0.717) is 16.5 Å². The number of anilines is 1. The number of hydrogen-bond donors (Lipinski definition) is 0. The van der Waals surface area contributed by atoms with Crippen molar-refractivity contribution >= 4 is 34.8 Å². The molecule has 0 radical (unpaired) electrons. The molecule has 2 heterocycles. The first kappa shape index (κ1) is 17.0. The molecule has 4 rings (SSSR count). The molecular formula is C20H19NO4S. The molecule has 0 unspecified atom stereocenters. The molecule has 0 N–H and O–H groups in total. The minimum atomic E-state index is -0.488. The van der Waals surface area contributed by atoms with E-state index >= 15 is 0 Å². The summed E-state index contributed by atoms with van der Waals surface area (Å²) in [7, 11) is 0. The molecule has 1 aliphatic carbocycles. The summed E-state index contributed by atoms with van der Waals surface area (Å²) in [5.74, 6) is -0.665. The monoisotopic (exact) mass is 369 g/mol. The van der Waals surface area contributed by atoms with Gasteiger partial charge in [0, 0.05) is 0 Å². The number of carbonyl (C=O) groups is 3. The smallest absolute Gasteiger partial charge is 0.353 e. The number of carbonyl (C=O) groups excluding carboxylic acids is 3. The van der Waals surface area contributed by atoms with Gasteiger partial charge in [-0.3, -0.25) is 9.59 Å². The van der Waals surface area contributed by atoms with Crippen molar-refractivity contribution in [3.63, 3.8) is 0 Å². The number of nitrogens with zero attached hydrogens (tertiary/aromatic N) is 1. The van der Waals surface area contributed by atoms with Gasteiger partial charge in [-0.2, -0.15) is 0 Å². The Labute approximate surface area is 155 Å². The third kappa shape index (κ3) is 2.84. The highest BCUT2D eigenvalue weighted by atomic mass is 32.1. The maximum atomic E-state index is 12.9. The fourth-order valence-corrected chi connectivity index (χ4v) is 4.50. The highest BCUT2D eigenvalue weighted by molar-refractivity contribution is 7.12. The Hall–Kier alpha value is -2.47. The Balaban J connectivity index is 1.65. The van der Waals surface area contributed by atoms with Crippen molar-refractivity contribution in [1.82, 2.24) is 0 Å². The minimum absolute atomic E-state index is 0.175. The van der Waals surface area contributed by atoms with Crippen molar-refractivity contribution in [1.29, 1.82) is 0 Å². The second-order valence-electron chi connectivity index (χ2n) is 6.98. The fourth-order valence-electron chi connectivity index (χ4n) is 3.90. The first-order valence-corrected chi connectivity index (χ1v) is 9.66. The average molecular weight is 369 g/mol. The molecule has 2 aromatic rings. The Bertz CT molecular complexity index is 860. The molecule has 2 amide bonds. The molecule has 5 nitrogen and oxygen atoms in total. The van der Waals surface area contributed by atoms with Crippen LogP contribution in [0.25, 0.3) is 0 Å². The number of esters is 1. The third-order valence-electron chi connectivity index (χ3n) is 5.22. The predicted molar refractivity (Wildman–Crippen MR) is 98.2 cm³/mol. The number of ether oxygens (including phenoxy) is 1. The zero-order valence-electron chi connectivity index (χ0n) is 14.4. The molecule has 0 bridgehead atoms. The van der Waals surface area contributed by atoms with Gasteiger partial charge in [-0.1, -0.05) is 25.1 Å². The van der Waals surface area contributed by atoms with Crippen LogP contribution in [0.3, 0.4) is 0 Å². The topological polar surface area (TPSA) is 63.7 Å². The van der Waals surface area contributed by atoms with Crippen LogP contribution in [0.5, 0.6) is 5.75 Å². The molecule has 1 aromatic heterocycles. The van der Waals surface area contributed by atoms with Gasteiger partial charge in [-0.15, -0.1) is 11.3 Å². The van der Waals surface area contributed by atoms with Crippen molar-refractivity contribution in [3.8, 4) is 5.75 Å². The molecule has 0 spiro atoms. The second-order valence-corrected chi connectivity index (χ2v) is 7.93. The van der Waals surface area contributed by atoms with Gasteiger partial charge in [-0.05, 0) is 48.8 Å². The van der Waals surface area contributed by atoms with E-state index in [2.05, 4.69) is 6.92 Å². The predicted octanol–water partition coefficient (Wildman–Crippen LogP) is 3.89. The average Bonchev–Trinajstić information content (AvgIpc) is 3.24. The first-order chi connectivity index (χ1) is 12.6. The maximum Gasteiger partial charge on any atom is 0.353 e. The second kappa shape index (κ2) is 6.68. The van der Waals surface area contributed by atoms with Crippen LogP contribution < -0.4 is 9.64 Å². The van der Waals surface area contributed by atoms with Crippen LogP contribution in [0, 0.1) is 17.8 Å².